The molecule has 0 fully saturated rings. The van der Waals surface area contributed by atoms with E-state index in [1.165, 1.54) is 65.2 Å². The molecule has 0 spiro atoms. The number of benzene rings is 2. The minimum atomic E-state index is 0.183. The van der Waals surface area contributed by atoms with Crippen molar-refractivity contribution in [3.8, 4) is 11.1 Å². The lowest BCUT2D eigenvalue weighted by atomic mass is 9.75. The van der Waals surface area contributed by atoms with Gasteiger partial charge in [0.15, 0.2) is 0 Å². The second-order valence-corrected chi connectivity index (χ2v) is 8.83. The quantitative estimate of drug-likeness (QED) is 0.312. The summed E-state index contributed by atoms with van der Waals surface area (Å²) in [7, 11) is 0. The van der Waals surface area contributed by atoms with E-state index in [2.05, 4.69) is 79.8 Å². The standard InChI is InChI=1S/C23H29I/c1-4-5-6-7-8-9-14-23(3)21-15-17(2)10-12-19(21)20-13-11-18(24)16-22(20)23/h10-13,15-16H,4-9,14H2,1-3H3. The molecule has 0 radical (unpaired) electrons. The highest BCUT2D eigenvalue weighted by atomic mass is 127. The van der Waals surface area contributed by atoms with Crippen molar-refractivity contribution >= 4 is 22.6 Å². The van der Waals surface area contributed by atoms with Gasteiger partial charge in [-0.25, -0.2) is 0 Å². The van der Waals surface area contributed by atoms with Crippen molar-refractivity contribution in [1.29, 1.82) is 0 Å². The van der Waals surface area contributed by atoms with Gasteiger partial charge in [-0.2, -0.15) is 0 Å². The molecule has 0 saturated heterocycles. The number of halogens is 1. The van der Waals surface area contributed by atoms with Crippen molar-refractivity contribution in [2.45, 2.75) is 71.1 Å². The molecular weight excluding hydrogens is 403 g/mol. The van der Waals surface area contributed by atoms with E-state index in [4.69, 9.17) is 0 Å². The van der Waals surface area contributed by atoms with Crippen LogP contribution >= 0.6 is 22.6 Å². The van der Waals surface area contributed by atoms with Crippen molar-refractivity contribution in [2.24, 2.45) is 0 Å². The fourth-order valence-corrected chi connectivity index (χ4v) is 4.72. The van der Waals surface area contributed by atoms with Gasteiger partial charge >= 0.3 is 0 Å². The van der Waals surface area contributed by atoms with Crippen LogP contribution in [0.1, 0.15) is 75.5 Å². The van der Waals surface area contributed by atoms with E-state index in [0.29, 0.717) is 0 Å². The zero-order chi connectivity index (χ0) is 17.2. The molecule has 0 bridgehead atoms. The Hall–Kier alpha value is -0.830. The van der Waals surface area contributed by atoms with Crippen LogP contribution in [0.4, 0.5) is 0 Å². The molecular formula is C23H29I. The van der Waals surface area contributed by atoms with E-state index in [1.807, 2.05) is 0 Å². The molecule has 0 aliphatic heterocycles. The van der Waals surface area contributed by atoms with Gasteiger partial charge in [-0.1, -0.05) is 82.2 Å². The molecule has 0 aromatic heterocycles. The van der Waals surface area contributed by atoms with Gasteiger partial charge in [-0.15, -0.1) is 0 Å². The Morgan fingerprint density at radius 1 is 0.833 bits per heavy atom. The first-order valence-electron chi connectivity index (χ1n) is 9.48. The molecule has 3 rings (SSSR count). The topological polar surface area (TPSA) is 0 Å². The summed E-state index contributed by atoms with van der Waals surface area (Å²) in [5.74, 6) is 0. The summed E-state index contributed by atoms with van der Waals surface area (Å²) < 4.78 is 1.35. The van der Waals surface area contributed by atoms with Gasteiger partial charge < -0.3 is 0 Å². The molecule has 0 heterocycles. The van der Waals surface area contributed by atoms with Crippen molar-refractivity contribution in [3.63, 3.8) is 0 Å². The summed E-state index contributed by atoms with van der Waals surface area (Å²) in [4.78, 5) is 0. The van der Waals surface area contributed by atoms with Crippen LogP contribution in [0.25, 0.3) is 11.1 Å². The Labute approximate surface area is 161 Å². The first-order chi connectivity index (χ1) is 11.6. The van der Waals surface area contributed by atoms with E-state index < -0.39 is 0 Å². The van der Waals surface area contributed by atoms with E-state index >= 15 is 0 Å². The van der Waals surface area contributed by atoms with Crippen LogP contribution in [0.2, 0.25) is 0 Å². The van der Waals surface area contributed by atoms with Crippen molar-refractivity contribution in [1.82, 2.24) is 0 Å². The normalized spacial score (nSPS) is 18.5. The maximum absolute atomic E-state index is 2.47. The molecule has 1 aliphatic carbocycles. The zero-order valence-corrected chi connectivity index (χ0v) is 17.4. The van der Waals surface area contributed by atoms with Gasteiger partial charge in [-0.3, -0.25) is 0 Å². The number of unbranched alkanes of at least 4 members (excludes halogenated alkanes) is 5. The SMILES string of the molecule is CCCCCCCCC1(C)c2cc(C)ccc2-c2ccc(I)cc21. The smallest absolute Gasteiger partial charge is 0.0187 e. The Balaban J connectivity index is 1.86. The summed E-state index contributed by atoms with van der Waals surface area (Å²) in [6, 6.07) is 14.0. The van der Waals surface area contributed by atoms with Gasteiger partial charge in [0.2, 0.25) is 0 Å². The lowest BCUT2D eigenvalue weighted by Crippen LogP contribution is -2.21. The largest absolute Gasteiger partial charge is 0.0654 e. The minimum Gasteiger partial charge on any atom is -0.0654 e. The fourth-order valence-electron chi connectivity index (χ4n) is 4.23. The molecule has 2 aromatic carbocycles. The molecule has 24 heavy (non-hydrogen) atoms. The molecule has 0 N–H and O–H groups in total. The monoisotopic (exact) mass is 432 g/mol. The van der Waals surface area contributed by atoms with Crippen molar-refractivity contribution in [3.05, 3.63) is 56.7 Å². The number of rotatable bonds is 7. The number of hydrogen-bond donors (Lipinski definition) is 0. The fraction of sp³-hybridized carbons (Fsp3) is 0.478. The van der Waals surface area contributed by atoms with Crippen LogP contribution < -0.4 is 0 Å². The van der Waals surface area contributed by atoms with E-state index in [-0.39, 0.29) is 5.41 Å². The van der Waals surface area contributed by atoms with E-state index in [9.17, 15) is 0 Å². The summed E-state index contributed by atoms with van der Waals surface area (Å²) in [5, 5.41) is 0. The maximum atomic E-state index is 2.47. The Kier molecular flexibility index (Phi) is 5.69. The molecule has 1 unspecified atom stereocenters. The van der Waals surface area contributed by atoms with Crippen LogP contribution in [0.5, 0.6) is 0 Å². The summed E-state index contributed by atoms with van der Waals surface area (Å²) in [5.41, 5.74) is 7.57. The lowest BCUT2D eigenvalue weighted by molar-refractivity contribution is 0.480. The van der Waals surface area contributed by atoms with E-state index in [1.54, 1.807) is 11.1 Å². The third-order valence-corrected chi connectivity index (χ3v) is 6.34. The number of fused-ring (bicyclic) bond motifs is 3. The maximum Gasteiger partial charge on any atom is 0.0187 e. The molecule has 2 aromatic rings. The van der Waals surface area contributed by atoms with Crippen LogP contribution in [0, 0.1) is 10.5 Å². The lowest BCUT2D eigenvalue weighted by Gasteiger charge is -2.28. The molecule has 0 nitrogen and oxygen atoms in total. The van der Waals surface area contributed by atoms with Crippen LogP contribution in [-0.4, -0.2) is 0 Å². The molecule has 1 heteroatoms. The summed E-state index contributed by atoms with van der Waals surface area (Å²) in [6.45, 7) is 6.98. The highest BCUT2D eigenvalue weighted by Gasteiger charge is 2.38. The molecule has 0 saturated carbocycles. The van der Waals surface area contributed by atoms with Crippen molar-refractivity contribution < 1.29 is 0 Å². The van der Waals surface area contributed by atoms with Gasteiger partial charge in [0.1, 0.15) is 0 Å². The summed E-state index contributed by atoms with van der Waals surface area (Å²) in [6.07, 6.45) is 9.48. The predicted octanol–water partition coefficient (Wildman–Crippen LogP) is 7.64. The zero-order valence-electron chi connectivity index (χ0n) is 15.3. The Morgan fingerprint density at radius 3 is 2.21 bits per heavy atom. The third-order valence-electron chi connectivity index (χ3n) is 5.67. The van der Waals surface area contributed by atoms with Gasteiger partial charge in [-0.05, 0) is 70.3 Å². The second kappa shape index (κ2) is 7.59. The predicted molar refractivity (Wildman–Crippen MR) is 114 cm³/mol. The Morgan fingerprint density at radius 2 is 1.46 bits per heavy atom. The minimum absolute atomic E-state index is 0.183. The van der Waals surface area contributed by atoms with E-state index in [0.717, 1.165) is 0 Å². The number of hydrogen-bond acceptors (Lipinski definition) is 0. The molecule has 1 aliphatic rings. The average molecular weight is 432 g/mol. The highest BCUT2D eigenvalue weighted by Crippen LogP contribution is 2.51. The third kappa shape index (κ3) is 3.42. The summed E-state index contributed by atoms with van der Waals surface area (Å²) >= 11 is 2.46. The first kappa shape index (κ1) is 18.0. The van der Waals surface area contributed by atoms with Crippen LogP contribution in [0.3, 0.4) is 0 Å². The van der Waals surface area contributed by atoms with Crippen LogP contribution in [-0.2, 0) is 5.41 Å². The Bertz CT molecular complexity index is 662. The van der Waals surface area contributed by atoms with Gasteiger partial charge in [0.05, 0.1) is 0 Å². The molecule has 0 amide bonds. The second-order valence-electron chi connectivity index (χ2n) is 7.59. The molecule has 1 atom stereocenters. The average Bonchev–Trinajstić information content (AvgIpc) is 2.80. The molecule has 128 valence electrons. The first-order valence-corrected chi connectivity index (χ1v) is 10.6. The number of aryl methyl sites for hydroxylation is 1. The van der Waals surface area contributed by atoms with Crippen LogP contribution in [0.15, 0.2) is 36.4 Å². The highest BCUT2D eigenvalue weighted by molar-refractivity contribution is 14.1. The van der Waals surface area contributed by atoms with Crippen molar-refractivity contribution in [2.75, 3.05) is 0 Å². The van der Waals surface area contributed by atoms with Gasteiger partial charge in [0, 0.05) is 8.99 Å². The van der Waals surface area contributed by atoms with Gasteiger partial charge in [0.25, 0.3) is 0 Å².